The van der Waals surface area contributed by atoms with Crippen molar-refractivity contribution in [1.82, 2.24) is 5.32 Å². The van der Waals surface area contributed by atoms with Gasteiger partial charge in [-0.3, -0.25) is 0 Å². The molecule has 0 heterocycles. The van der Waals surface area contributed by atoms with Crippen LogP contribution in [0.1, 0.15) is 5.56 Å². The monoisotopic (exact) mass is 202 g/mol. The SMILES string of the molecule is [N-]=[N+]=NC/C=C/CNCc1ccccc1. The first-order valence-corrected chi connectivity index (χ1v) is 4.84. The molecule has 0 unspecified atom stereocenters. The third kappa shape index (κ3) is 5.52. The number of nitrogens with one attached hydrogen (secondary N) is 1. The minimum atomic E-state index is 0.420. The molecule has 0 fully saturated rings. The molecule has 78 valence electrons. The predicted octanol–water partition coefficient (Wildman–Crippen LogP) is 2.64. The summed E-state index contributed by atoms with van der Waals surface area (Å²) < 4.78 is 0. The van der Waals surface area contributed by atoms with Gasteiger partial charge in [0.15, 0.2) is 0 Å². The highest BCUT2D eigenvalue weighted by Gasteiger charge is 1.87. The van der Waals surface area contributed by atoms with E-state index in [9.17, 15) is 0 Å². The van der Waals surface area contributed by atoms with Crippen molar-refractivity contribution in [2.24, 2.45) is 5.11 Å². The Hall–Kier alpha value is -1.77. The quantitative estimate of drug-likeness (QED) is 0.249. The molecule has 4 heteroatoms. The van der Waals surface area contributed by atoms with Crippen molar-refractivity contribution in [1.29, 1.82) is 0 Å². The van der Waals surface area contributed by atoms with Gasteiger partial charge in [0.25, 0.3) is 0 Å². The second kappa shape index (κ2) is 7.62. The van der Waals surface area contributed by atoms with Gasteiger partial charge in [0.1, 0.15) is 0 Å². The van der Waals surface area contributed by atoms with E-state index in [1.807, 2.05) is 30.4 Å². The average molecular weight is 202 g/mol. The summed E-state index contributed by atoms with van der Waals surface area (Å²) in [6, 6.07) is 10.2. The molecular weight excluding hydrogens is 188 g/mol. The zero-order valence-corrected chi connectivity index (χ0v) is 8.50. The molecule has 1 N–H and O–H groups in total. The molecule has 15 heavy (non-hydrogen) atoms. The van der Waals surface area contributed by atoms with E-state index in [2.05, 4.69) is 27.5 Å². The molecule has 0 aliphatic rings. The van der Waals surface area contributed by atoms with Crippen LogP contribution < -0.4 is 5.32 Å². The number of rotatable bonds is 6. The highest BCUT2D eigenvalue weighted by atomic mass is 15.1. The van der Waals surface area contributed by atoms with Crippen molar-refractivity contribution in [3.8, 4) is 0 Å². The Labute approximate surface area is 89.3 Å². The van der Waals surface area contributed by atoms with Crippen LogP contribution in [-0.2, 0) is 6.54 Å². The van der Waals surface area contributed by atoms with Gasteiger partial charge in [-0.1, -0.05) is 47.6 Å². The van der Waals surface area contributed by atoms with Crippen LogP contribution in [0.15, 0.2) is 47.6 Å². The smallest absolute Gasteiger partial charge is 0.0440 e. The van der Waals surface area contributed by atoms with Crippen molar-refractivity contribution in [3.63, 3.8) is 0 Å². The summed E-state index contributed by atoms with van der Waals surface area (Å²) in [4.78, 5) is 2.65. The number of nitrogens with zero attached hydrogens (tertiary/aromatic N) is 3. The molecule has 0 aliphatic carbocycles. The Kier molecular flexibility index (Phi) is 5.74. The Balaban J connectivity index is 2.12. The summed E-state index contributed by atoms with van der Waals surface area (Å²) in [5.41, 5.74) is 9.29. The number of hydrogen-bond donors (Lipinski definition) is 1. The fourth-order valence-electron chi connectivity index (χ4n) is 1.14. The first-order chi connectivity index (χ1) is 7.43. The van der Waals surface area contributed by atoms with Crippen LogP contribution >= 0.6 is 0 Å². The summed E-state index contributed by atoms with van der Waals surface area (Å²) >= 11 is 0. The largest absolute Gasteiger partial charge is 0.309 e. The Morgan fingerprint density at radius 3 is 2.80 bits per heavy atom. The molecule has 0 aromatic heterocycles. The van der Waals surface area contributed by atoms with Gasteiger partial charge in [0.2, 0.25) is 0 Å². The lowest BCUT2D eigenvalue weighted by Gasteiger charge is -2.00. The van der Waals surface area contributed by atoms with Crippen LogP contribution in [-0.4, -0.2) is 13.1 Å². The van der Waals surface area contributed by atoms with Gasteiger partial charge in [-0.15, -0.1) is 0 Å². The molecule has 0 saturated heterocycles. The van der Waals surface area contributed by atoms with Crippen molar-refractivity contribution in [2.75, 3.05) is 13.1 Å². The van der Waals surface area contributed by atoms with Crippen LogP contribution in [0.2, 0.25) is 0 Å². The Morgan fingerprint density at radius 2 is 2.07 bits per heavy atom. The zero-order chi connectivity index (χ0) is 10.8. The van der Waals surface area contributed by atoms with Gasteiger partial charge >= 0.3 is 0 Å². The number of benzene rings is 1. The van der Waals surface area contributed by atoms with E-state index in [0.29, 0.717) is 6.54 Å². The molecule has 1 aromatic carbocycles. The second-order valence-electron chi connectivity index (χ2n) is 3.00. The normalized spacial score (nSPS) is 10.1. The zero-order valence-electron chi connectivity index (χ0n) is 8.50. The van der Waals surface area contributed by atoms with Crippen LogP contribution in [0.5, 0.6) is 0 Å². The van der Waals surface area contributed by atoms with E-state index in [4.69, 9.17) is 5.53 Å². The Morgan fingerprint density at radius 1 is 1.27 bits per heavy atom. The topological polar surface area (TPSA) is 60.8 Å². The predicted molar refractivity (Wildman–Crippen MR) is 61.3 cm³/mol. The third-order valence-corrected chi connectivity index (χ3v) is 1.85. The van der Waals surface area contributed by atoms with Crippen LogP contribution in [0.25, 0.3) is 10.4 Å². The lowest BCUT2D eigenvalue weighted by atomic mass is 10.2. The maximum atomic E-state index is 8.03. The van der Waals surface area contributed by atoms with E-state index in [0.717, 1.165) is 13.1 Å². The summed E-state index contributed by atoms with van der Waals surface area (Å²) in [6.07, 6.45) is 3.80. The first kappa shape index (κ1) is 11.3. The van der Waals surface area contributed by atoms with Gasteiger partial charge in [-0.05, 0) is 11.1 Å². The molecular formula is C11H14N4. The third-order valence-electron chi connectivity index (χ3n) is 1.85. The highest BCUT2D eigenvalue weighted by molar-refractivity contribution is 5.14. The molecule has 0 amide bonds. The highest BCUT2D eigenvalue weighted by Crippen LogP contribution is 1.96. The van der Waals surface area contributed by atoms with Crippen LogP contribution in [0.4, 0.5) is 0 Å². The maximum Gasteiger partial charge on any atom is 0.0440 e. The van der Waals surface area contributed by atoms with E-state index < -0.39 is 0 Å². The molecule has 1 rings (SSSR count). The van der Waals surface area contributed by atoms with Crippen molar-refractivity contribution >= 4 is 0 Å². The molecule has 4 nitrogen and oxygen atoms in total. The van der Waals surface area contributed by atoms with Gasteiger partial charge in [-0.2, -0.15) is 0 Å². The minimum Gasteiger partial charge on any atom is -0.309 e. The molecule has 0 atom stereocenters. The van der Waals surface area contributed by atoms with Crippen LogP contribution in [0.3, 0.4) is 0 Å². The van der Waals surface area contributed by atoms with E-state index >= 15 is 0 Å². The summed E-state index contributed by atoms with van der Waals surface area (Å²) in [6.45, 7) is 2.06. The molecule has 0 aliphatic heterocycles. The molecule has 0 saturated carbocycles. The molecule has 0 bridgehead atoms. The van der Waals surface area contributed by atoms with E-state index in [1.54, 1.807) is 0 Å². The van der Waals surface area contributed by atoms with E-state index in [1.165, 1.54) is 5.56 Å². The average Bonchev–Trinajstić information content (AvgIpc) is 2.29. The fourth-order valence-corrected chi connectivity index (χ4v) is 1.14. The van der Waals surface area contributed by atoms with Gasteiger partial charge < -0.3 is 5.32 Å². The van der Waals surface area contributed by atoms with E-state index in [-0.39, 0.29) is 0 Å². The van der Waals surface area contributed by atoms with Gasteiger partial charge in [-0.25, -0.2) is 0 Å². The van der Waals surface area contributed by atoms with Crippen LogP contribution in [0, 0.1) is 0 Å². The lowest BCUT2D eigenvalue weighted by Crippen LogP contribution is -2.12. The van der Waals surface area contributed by atoms with Gasteiger partial charge in [0.05, 0.1) is 0 Å². The van der Waals surface area contributed by atoms with Crippen molar-refractivity contribution in [2.45, 2.75) is 6.54 Å². The Bertz CT molecular complexity index is 339. The van der Waals surface area contributed by atoms with Crippen molar-refractivity contribution < 1.29 is 0 Å². The lowest BCUT2D eigenvalue weighted by molar-refractivity contribution is 0.759. The first-order valence-electron chi connectivity index (χ1n) is 4.84. The fraction of sp³-hybridized carbons (Fsp3) is 0.273. The maximum absolute atomic E-state index is 8.03. The molecule has 0 spiro atoms. The van der Waals surface area contributed by atoms with Gasteiger partial charge in [0, 0.05) is 24.5 Å². The van der Waals surface area contributed by atoms with Crippen molar-refractivity contribution in [3.05, 3.63) is 58.5 Å². The number of hydrogen-bond acceptors (Lipinski definition) is 2. The number of azide groups is 1. The standard InChI is InChI=1S/C11H14N4/c12-15-14-9-5-4-8-13-10-11-6-2-1-3-7-11/h1-7,13H,8-10H2/b5-4+. The minimum absolute atomic E-state index is 0.420. The molecule has 1 aromatic rings. The molecule has 0 radical (unpaired) electrons. The second-order valence-corrected chi connectivity index (χ2v) is 3.00. The summed E-state index contributed by atoms with van der Waals surface area (Å²) in [7, 11) is 0. The summed E-state index contributed by atoms with van der Waals surface area (Å²) in [5.74, 6) is 0. The summed E-state index contributed by atoms with van der Waals surface area (Å²) in [5, 5.41) is 6.65.